The zero-order chi connectivity index (χ0) is 13.1. The van der Waals surface area contributed by atoms with E-state index in [0.29, 0.717) is 17.8 Å². The zero-order valence-electron chi connectivity index (χ0n) is 10.2. The van der Waals surface area contributed by atoms with Crippen molar-refractivity contribution in [3.63, 3.8) is 0 Å². The van der Waals surface area contributed by atoms with E-state index < -0.39 is 5.82 Å². The van der Waals surface area contributed by atoms with Crippen molar-refractivity contribution in [2.24, 2.45) is 7.05 Å². The number of aryl methyl sites for hydroxylation is 2. The van der Waals surface area contributed by atoms with Crippen LogP contribution in [0.3, 0.4) is 0 Å². The van der Waals surface area contributed by atoms with Gasteiger partial charge in [-0.25, -0.2) is 4.39 Å². The Kier molecular flexibility index (Phi) is 3.28. The second-order valence-electron chi connectivity index (χ2n) is 4.06. The summed E-state index contributed by atoms with van der Waals surface area (Å²) in [6.07, 6.45) is 0. The fraction of sp³-hybridized carbons (Fsp3) is 0.231. The van der Waals surface area contributed by atoms with E-state index in [9.17, 15) is 4.39 Å². The van der Waals surface area contributed by atoms with Gasteiger partial charge in [-0.2, -0.15) is 10.4 Å². The average molecular weight is 244 g/mol. The predicted molar refractivity (Wildman–Crippen MR) is 66.4 cm³/mol. The molecule has 92 valence electrons. The molecule has 1 aromatic carbocycles. The largest absolute Gasteiger partial charge is 0.378 e. The van der Waals surface area contributed by atoms with Crippen LogP contribution in [0.4, 0.5) is 10.1 Å². The Bertz CT molecular complexity index is 610. The number of nitriles is 1. The van der Waals surface area contributed by atoms with Gasteiger partial charge >= 0.3 is 0 Å². The van der Waals surface area contributed by atoms with Crippen molar-refractivity contribution in [1.82, 2.24) is 9.78 Å². The van der Waals surface area contributed by atoms with Crippen LogP contribution in [-0.4, -0.2) is 9.78 Å². The van der Waals surface area contributed by atoms with Crippen LogP contribution < -0.4 is 5.32 Å². The molecule has 0 unspecified atom stereocenters. The van der Waals surface area contributed by atoms with Gasteiger partial charge in [0.25, 0.3) is 0 Å². The maximum absolute atomic E-state index is 13.0. The number of hydrogen-bond acceptors (Lipinski definition) is 3. The SMILES string of the molecule is Cc1cc(CNc2ccc(F)cc2C#N)n(C)n1. The van der Waals surface area contributed by atoms with Crippen molar-refractivity contribution in [1.29, 1.82) is 5.26 Å². The third-order valence-electron chi connectivity index (χ3n) is 2.66. The van der Waals surface area contributed by atoms with Gasteiger partial charge in [-0.05, 0) is 31.2 Å². The lowest BCUT2D eigenvalue weighted by atomic mass is 10.2. The molecule has 5 heteroatoms. The topological polar surface area (TPSA) is 53.6 Å². The Hall–Kier alpha value is -2.35. The number of nitrogens with zero attached hydrogens (tertiary/aromatic N) is 3. The van der Waals surface area contributed by atoms with Crippen LogP contribution in [0.5, 0.6) is 0 Å². The highest BCUT2D eigenvalue weighted by Gasteiger charge is 2.05. The van der Waals surface area contributed by atoms with Crippen LogP contribution >= 0.6 is 0 Å². The molecule has 0 aliphatic carbocycles. The Balaban J connectivity index is 2.16. The Morgan fingerprint density at radius 3 is 2.83 bits per heavy atom. The van der Waals surface area contributed by atoms with Crippen molar-refractivity contribution in [3.05, 3.63) is 47.0 Å². The number of aromatic nitrogens is 2. The van der Waals surface area contributed by atoms with Gasteiger partial charge in [0.1, 0.15) is 11.9 Å². The predicted octanol–water partition coefficient (Wildman–Crippen LogP) is 2.35. The van der Waals surface area contributed by atoms with E-state index in [1.165, 1.54) is 12.1 Å². The fourth-order valence-corrected chi connectivity index (χ4v) is 1.78. The summed E-state index contributed by atoms with van der Waals surface area (Å²) in [4.78, 5) is 0. The van der Waals surface area contributed by atoms with E-state index in [0.717, 1.165) is 11.4 Å². The highest BCUT2D eigenvalue weighted by molar-refractivity contribution is 5.57. The molecule has 18 heavy (non-hydrogen) atoms. The van der Waals surface area contributed by atoms with E-state index in [-0.39, 0.29) is 0 Å². The lowest BCUT2D eigenvalue weighted by Gasteiger charge is -2.08. The van der Waals surface area contributed by atoms with Crippen molar-refractivity contribution in [2.45, 2.75) is 13.5 Å². The molecule has 0 atom stereocenters. The van der Waals surface area contributed by atoms with Crippen LogP contribution in [0.2, 0.25) is 0 Å². The monoisotopic (exact) mass is 244 g/mol. The van der Waals surface area contributed by atoms with Crippen LogP contribution in [0, 0.1) is 24.1 Å². The van der Waals surface area contributed by atoms with Crippen molar-refractivity contribution < 1.29 is 4.39 Å². The molecule has 1 aromatic heterocycles. The molecular weight excluding hydrogens is 231 g/mol. The summed E-state index contributed by atoms with van der Waals surface area (Å²) in [6, 6.07) is 8.05. The number of anilines is 1. The minimum absolute atomic E-state index is 0.300. The molecular formula is C13H13FN4. The summed E-state index contributed by atoms with van der Waals surface area (Å²) in [5.41, 5.74) is 2.86. The third kappa shape index (κ3) is 2.48. The highest BCUT2D eigenvalue weighted by Crippen LogP contribution is 2.17. The normalized spacial score (nSPS) is 10.1. The molecule has 0 aliphatic heterocycles. The Morgan fingerprint density at radius 1 is 1.44 bits per heavy atom. The first-order chi connectivity index (χ1) is 8.60. The van der Waals surface area contributed by atoms with Gasteiger partial charge in [-0.1, -0.05) is 0 Å². The van der Waals surface area contributed by atoms with Gasteiger partial charge in [-0.3, -0.25) is 4.68 Å². The van der Waals surface area contributed by atoms with Gasteiger partial charge in [0, 0.05) is 7.05 Å². The molecule has 0 radical (unpaired) electrons. The fourth-order valence-electron chi connectivity index (χ4n) is 1.78. The van der Waals surface area contributed by atoms with E-state index in [2.05, 4.69) is 10.4 Å². The average Bonchev–Trinajstić information content (AvgIpc) is 2.66. The zero-order valence-corrected chi connectivity index (χ0v) is 10.2. The number of benzene rings is 1. The summed E-state index contributed by atoms with van der Waals surface area (Å²) < 4.78 is 14.7. The van der Waals surface area contributed by atoms with Gasteiger partial charge in [0.05, 0.1) is 29.2 Å². The van der Waals surface area contributed by atoms with Crippen molar-refractivity contribution in [3.8, 4) is 6.07 Å². The Labute approximate surface area is 105 Å². The summed E-state index contributed by atoms with van der Waals surface area (Å²) in [5.74, 6) is -0.409. The summed E-state index contributed by atoms with van der Waals surface area (Å²) >= 11 is 0. The molecule has 0 amide bonds. The van der Waals surface area contributed by atoms with E-state index in [1.807, 2.05) is 26.1 Å². The standard InChI is InChI=1S/C13H13FN4/c1-9-5-12(18(2)17-9)8-16-13-4-3-11(14)6-10(13)7-15/h3-6,16H,8H2,1-2H3. The molecule has 1 heterocycles. The third-order valence-corrected chi connectivity index (χ3v) is 2.66. The summed E-state index contributed by atoms with van der Waals surface area (Å²) in [5, 5.41) is 16.3. The highest BCUT2D eigenvalue weighted by atomic mass is 19.1. The molecule has 4 nitrogen and oxygen atoms in total. The van der Waals surface area contributed by atoms with Crippen LogP contribution in [0.25, 0.3) is 0 Å². The van der Waals surface area contributed by atoms with E-state index >= 15 is 0 Å². The number of nitrogens with one attached hydrogen (secondary N) is 1. The van der Waals surface area contributed by atoms with Gasteiger partial charge in [0.15, 0.2) is 0 Å². The first kappa shape index (κ1) is 12.1. The molecule has 0 bridgehead atoms. The van der Waals surface area contributed by atoms with Crippen molar-refractivity contribution >= 4 is 5.69 Å². The number of hydrogen-bond donors (Lipinski definition) is 1. The van der Waals surface area contributed by atoms with Crippen molar-refractivity contribution in [2.75, 3.05) is 5.32 Å². The first-order valence-corrected chi connectivity index (χ1v) is 5.53. The quantitative estimate of drug-likeness (QED) is 0.901. The lowest BCUT2D eigenvalue weighted by molar-refractivity contribution is 0.627. The smallest absolute Gasteiger partial charge is 0.124 e. The van der Waals surface area contributed by atoms with E-state index in [1.54, 1.807) is 10.7 Å². The maximum Gasteiger partial charge on any atom is 0.124 e. The second kappa shape index (κ2) is 4.88. The lowest BCUT2D eigenvalue weighted by Crippen LogP contribution is -2.06. The maximum atomic E-state index is 13.0. The molecule has 0 saturated carbocycles. The summed E-state index contributed by atoms with van der Waals surface area (Å²) in [6.45, 7) is 2.46. The second-order valence-corrected chi connectivity index (χ2v) is 4.06. The van der Waals surface area contributed by atoms with Gasteiger partial charge in [0.2, 0.25) is 0 Å². The minimum atomic E-state index is -0.409. The molecule has 1 N–H and O–H groups in total. The van der Waals surface area contributed by atoms with Crippen LogP contribution in [-0.2, 0) is 13.6 Å². The first-order valence-electron chi connectivity index (χ1n) is 5.53. The van der Waals surface area contributed by atoms with Gasteiger partial charge < -0.3 is 5.32 Å². The molecule has 0 fully saturated rings. The van der Waals surface area contributed by atoms with Gasteiger partial charge in [-0.15, -0.1) is 0 Å². The molecule has 0 saturated heterocycles. The molecule has 0 spiro atoms. The number of rotatable bonds is 3. The number of halogens is 1. The molecule has 0 aliphatic rings. The molecule has 2 rings (SSSR count). The van der Waals surface area contributed by atoms with Crippen LogP contribution in [0.15, 0.2) is 24.3 Å². The molecule has 2 aromatic rings. The minimum Gasteiger partial charge on any atom is -0.378 e. The van der Waals surface area contributed by atoms with Crippen LogP contribution in [0.1, 0.15) is 17.0 Å². The van der Waals surface area contributed by atoms with E-state index in [4.69, 9.17) is 5.26 Å². The Morgan fingerprint density at radius 2 is 2.22 bits per heavy atom. The summed E-state index contributed by atoms with van der Waals surface area (Å²) in [7, 11) is 1.86.